The van der Waals surface area contributed by atoms with Crippen molar-refractivity contribution in [3.63, 3.8) is 0 Å². The summed E-state index contributed by atoms with van der Waals surface area (Å²) in [5, 5.41) is 12.6. The van der Waals surface area contributed by atoms with Crippen molar-refractivity contribution in [3.05, 3.63) is 65.1 Å². The van der Waals surface area contributed by atoms with Gasteiger partial charge < -0.3 is 15.0 Å². The maximum atomic E-state index is 13.6. The van der Waals surface area contributed by atoms with Gasteiger partial charge in [-0.2, -0.15) is 0 Å². The minimum atomic E-state index is -1.15. The molecule has 0 saturated heterocycles. The standard InChI is InChI=1S/C17H14ClFN2O2/c1-10(20-17(22)23)16-15(18)13-7-2-3-8-14(13)21(16)12-6-4-5-11(19)9-12/h2-10,20H,1H3,(H,22,23). The molecule has 2 N–H and O–H groups in total. The molecule has 1 atom stereocenters. The van der Waals surface area contributed by atoms with E-state index in [2.05, 4.69) is 5.32 Å². The van der Waals surface area contributed by atoms with Gasteiger partial charge in [-0.05, 0) is 31.2 Å². The van der Waals surface area contributed by atoms with E-state index in [4.69, 9.17) is 16.7 Å². The van der Waals surface area contributed by atoms with E-state index < -0.39 is 12.1 Å². The van der Waals surface area contributed by atoms with Crippen LogP contribution < -0.4 is 5.32 Å². The van der Waals surface area contributed by atoms with E-state index in [1.54, 1.807) is 23.6 Å². The number of para-hydroxylation sites is 1. The van der Waals surface area contributed by atoms with Crippen molar-refractivity contribution >= 4 is 28.6 Å². The maximum Gasteiger partial charge on any atom is 0.405 e. The van der Waals surface area contributed by atoms with Gasteiger partial charge in [-0.1, -0.05) is 35.9 Å². The molecule has 0 radical (unpaired) electrons. The number of carbonyl (C=O) groups is 1. The molecule has 3 aromatic rings. The highest BCUT2D eigenvalue weighted by molar-refractivity contribution is 6.36. The highest BCUT2D eigenvalue weighted by Gasteiger charge is 2.22. The third-order valence-corrected chi connectivity index (χ3v) is 4.06. The Hall–Kier alpha value is -2.53. The first-order chi connectivity index (χ1) is 11.0. The van der Waals surface area contributed by atoms with Crippen LogP contribution in [0.3, 0.4) is 0 Å². The van der Waals surface area contributed by atoms with Crippen LogP contribution in [0, 0.1) is 5.82 Å². The Morgan fingerprint density at radius 1 is 1.26 bits per heavy atom. The maximum absolute atomic E-state index is 13.6. The number of rotatable bonds is 3. The zero-order valence-corrected chi connectivity index (χ0v) is 13.0. The second kappa shape index (κ2) is 5.93. The zero-order valence-electron chi connectivity index (χ0n) is 12.3. The number of nitrogens with zero attached hydrogens (tertiary/aromatic N) is 1. The molecule has 1 aromatic heterocycles. The van der Waals surface area contributed by atoms with Crippen molar-refractivity contribution in [1.29, 1.82) is 0 Å². The van der Waals surface area contributed by atoms with Crippen molar-refractivity contribution in [2.45, 2.75) is 13.0 Å². The van der Waals surface area contributed by atoms with Crippen LogP contribution in [-0.4, -0.2) is 15.8 Å². The Morgan fingerprint density at radius 2 is 2.00 bits per heavy atom. The molecule has 23 heavy (non-hydrogen) atoms. The number of amides is 1. The normalized spacial score (nSPS) is 12.3. The molecule has 4 nitrogen and oxygen atoms in total. The highest BCUT2D eigenvalue weighted by Crippen LogP contribution is 2.36. The van der Waals surface area contributed by atoms with Gasteiger partial charge in [0.2, 0.25) is 0 Å². The monoisotopic (exact) mass is 332 g/mol. The van der Waals surface area contributed by atoms with Crippen LogP contribution >= 0.6 is 11.6 Å². The predicted molar refractivity (Wildman–Crippen MR) is 87.8 cm³/mol. The molecule has 1 unspecified atom stereocenters. The fraction of sp³-hybridized carbons (Fsp3) is 0.118. The molecule has 1 heterocycles. The Kier molecular flexibility index (Phi) is 3.96. The quantitative estimate of drug-likeness (QED) is 0.727. The van der Waals surface area contributed by atoms with Crippen molar-refractivity contribution in [2.75, 3.05) is 0 Å². The van der Waals surface area contributed by atoms with E-state index in [0.717, 1.165) is 10.9 Å². The minimum absolute atomic E-state index is 0.374. The zero-order chi connectivity index (χ0) is 16.6. The summed E-state index contributed by atoms with van der Waals surface area (Å²) < 4.78 is 15.4. The summed E-state index contributed by atoms with van der Waals surface area (Å²) >= 11 is 6.48. The van der Waals surface area contributed by atoms with Crippen LogP contribution in [0.15, 0.2) is 48.5 Å². The molecule has 118 valence electrons. The van der Waals surface area contributed by atoms with Crippen LogP contribution in [-0.2, 0) is 0 Å². The number of halogens is 2. The molecule has 6 heteroatoms. The van der Waals surface area contributed by atoms with Crippen LogP contribution in [0.2, 0.25) is 5.02 Å². The summed E-state index contributed by atoms with van der Waals surface area (Å²) in [5.41, 5.74) is 1.94. The molecule has 3 rings (SSSR count). The van der Waals surface area contributed by atoms with Gasteiger partial charge in [-0.25, -0.2) is 9.18 Å². The van der Waals surface area contributed by atoms with Crippen molar-refractivity contribution in [2.24, 2.45) is 0 Å². The first-order valence-corrected chi connectivity index (χ1v) is 7.41. The molecule has 0 aliphatic rings. The second-order valence-electron chi connectivity index (χ2n) is 5.20. The van der Waals surface area contributed by atoms with Crippen LogP contribution in [0.5, 0.6) is 0 Å². The van der Waals surface area contributed by atoms with E-state index in [1.165, 1.54) is 12.1 Å². The van der Waals surface area contributed by atoms with Gasteiger partial charge in [-0.15, -0.1) is 0 Å². The first-order valence-electron chi connectivity index (χ1n) is 7.03. The Labute approximate surface area is 137 Å². The lowest BCUT2D eigenvalue weighted by molar-refractivity contribution is 0.190. The summed E-state index contributed by atoms with van der Waals surface area (Å²) in [7, 11) is 0. The van der Waals surface area contributed by atoms with Crippen LogP contribution in [0.4, 0.5) is 9.18 Å². The van der Waals surface area contributed by atoms with Gasteiger partial charge >= 0.3 is 6.09 Å². The Bertz CT molecular complexity index is 891. The van der Waals surface area contributed by atoms with E-state index in [1.807, 2.05) is 24.3 Å². The average molecular weight is 333 g/mol. The minimum Gasteiger partial charge on any atom is -0.465 e. The number of benzene rings is 2. The number of carboxylic acid groups (broad SMARTS) is 1. The predicted octanol–water partition coefficient (Wildman–Crippen LogP) is 4.75. The molecule has 0 saturated carbocycles. The fourth-order valence-electron chi connectivity index (χ4n) is 2.75. The highest BCUT2D eigenvalue weighted by atomic mass is 35.5. The van der Waals surface area contributed by atoms with E-state index in [-0.39, 0.29) is 5.82 Å². The lowest BCUT2D eigenvalue weighted by Crippen LogP contribution is -2.26. The van der Waals surface area contributed by atoms with Crippen LogP contribution in [0.25, 0.3) is 16.6 Å². The lowest BCUT2D eigenvalue weighted by atomic mass is 10.2. The van der Waals surface area contributed by atoms with Crippen molar-refractivity contribution in [1.82, 2.24) is 9.88 Å². The smallest absolute Gasteiger partial charge is 0.405 e. The molecular weight excluding hydrogens is 319 g/mol. The van der Waals surface area contributed by atoms with Gasteiger partial charge in [0.1, 0.15) is 5.82 Å². The van der Waals surface area contributed by atoms with Crippen molar-refractivity contribution < 1.29 is 14.3 Å². The van der Waals surface area contributed by atoms with E-state index in [0.29, 0.717) is 16.4 Å². The summed E-state index contributed by atoms with van der Waals surface area (Å²) in [4.78, 5) is 11.0. The molecule has 0 aliphatic carbocycles. The lowest BCUT2D eigenvalue weighted by Gasteiger charge is -2.17. The average Bonchev–Trinajstić information content (AvgIpc) is 2.80. The summed E-state index contributed by atoms with van der Waals surface area (Å²) in [5.74, 6) is -0.374. The molecule has 0 bridgehead atoms. The van der Waals surface area contributed by atoms with Gasteiger partial charge in [0, 0.05) is 11.1 Å². The fourth-order valence-corrected chi connectivity index (χ4v) is 3.16. The van der Waals surface area contributed by atoms with Crippen molar-refractivity contribution in [3.8, 4) is 5.69 Å². The number of nitrogens with one attached hydrogen (secondary N) is 1. The second-order valence-corrected chi connectivity index (χ2v) is 5.58. The number of hydrogen-bond donors (Lipinski definition) is 2. The third-order valence-electron chi connectivity index (χ3n) is 3.66. The van der Waals surface area contributed by atoms with Gasteiger partial charge in [0.05, 0.1) is 22.3 Å². The number of fused-ring (bicyclic) bond motifs is 1. The Morgan fingerprint density at radius 3 is 2.70 bits per heavy atom. The van der Waals surface area contributed by atoms with Gasteiger partial charge in [-0.3, -0.25) is 0 Å². The van der Waals surface area contributed by atoms with E-state index in [9.17, 15) is 9.18 Å². The molecule has 0 fully saturated rings. The van der Waals surface area contributed by atoms with Gasteiger partial charge in [0.15, 0.2) is 0 Å². The number of hydrogen-bond acceptors (Lipinski definition) is 1. The summed E-state index contributed by atoms with van der Waals surface area (Å²) in [6.07, 6.45) is -1.15. The molecule has 1 amide bonds. The van der Waals surface area contributed by atoms with E-state index >= 15 is 0 Å². The number of aromatic nitrogens is 1. The summed E-state index contributed by atoms with van der Waals surface area (Å²) in [6.45, 7) is 1.70. The third kappa shape index (κ3) is 2.75. The molecular formula is C17H14ClFN2O2. The topological polar surface area (TPSA) is 54.3 Å². The molecule has 0 aliphatic heterocycles. The first kappa shape index (κ1) is 15.4. The van der Waals surface area contributed by atoms with Gasteiger partial charge in [0.25, 0.3) is 0 Å². The molecule has 0 spiro atoms. The SMILES string of the molecule is CC(NC(=O)O)c1c(Cl)c2ccccc2n1-c1cccc(F)c1. The van der Waals surface area contributed by atoms with Crippen LogP contribution in [0.1, 0.15) is 18.7 Å². The molecule has 2 aromatic carbocycles. The largest absolute Gasteiger partial charge is 0.465 e. The Balaban J connectivity index is 2.31. The summed E-state index contributed by atoms with van der Waals surface area (Å²) in [6, 6.07) is 13.0.